The average Bonchev–Trinajstić information content (AvgIpc) is 3.10. The van der Waals surface area contributed by atoms with Crippen LogP contribution in [-0.2, 0) is 6.54 Å². The van der Waals surface area contributed by atoms with Crippen molar-refractivity contribution in [1.29, 1.82) is 0 Å². The number of aromatic nitrogens is 2. The van der Waals surface area contributed by atoms with Crippen LogP contribution in [0.1, 0.15) is 30.4 Å². The maximum Gasteiger partial charge on any atom is 0.0651 e. The number of aromatic amines is 1. The van der Waals surface area contributed by atoms with E-state index in [0.717, 1.165) is 18.0 Å². The second-order valence-corrected chi connectivity index (χ2v) is 8.09. The number of nitrogens with one attached hydrogen (secondary N) is 2. The fraction of sp³-hybridized carbons (Fsp3) is 0.409. The van der Waals surface area contributed by atoms with Gasteiger partial charge in [0.15, 0.2) is 0 Å². The average molecular weight is 346 g/mol. The second kappa shape index (κ2) is 6.44. The number of nitrogens with zero attached hydrogens (tertiary/aromatic N) is 2. The second-order valence-electron chi connectivity index (χ2n) is 8.09. The van der Waals surface area contributed by atoms with Crippen LogP contribution in [0.2, 0.25) is 0 Å². The Labute approximate surface area is 154 Å². The van der Waals surface area contributed by atoms with Crippen molar-refractivity contribution in [2.45, 2.75) is 44.8 Å². The van der Waals surface area contributed by atoms with Crippen molar-refractivity contribution in [3.8, 4) is 0 Å². The number of piperidine rings is 2. The van der Waals surface area contributed by atoms with E-state index in [2.05, 4.69) is 69.8 Å². The van der Waals surface area contributed by atoms with Crippen molar-refractivity contribution in [1.82, 2.24) is 15.1 Å². The summed E-state index contributed by atoms with van der Waals surface area (Å²) in [5.74, 6) is 0.819. The van der Waals surface area contributed by atoms with Crippen molar-refractivity contribution in [3.63, 3.8) is 0 Å². The number of aryl methyl sites for hydroxylation is 1. The van der Waals surface area contributed by atoms with Crippen LogP contribution in [0.5, 0.6) is 0 Å². The Bertz CT molecular complexity index is 915. The maximum atomic E-state index is 4.13. The largest absolute Gasteiger partial charge is 0.381 e. The minimum atomic E-state index is 0.539. The number of benzene rings is 2. The molecule has 2 aromatic carbocycles. The predicted molar refractivity (Wildman–Crippen MR) is 106 cm³/mol. The number of hydrogen-bond donors (Lipinski definition) is 2. The fourth-order valence-electron chi connectivity index (χ4n) is 4.94. The minimum absolute atomic E-state index is 0.539. The summed E-state index contributed by atoms with van der Waals surface area (Å²) in [5.41, 5.74) is 5.11. The predicted octanol–water partition coefficient (Wildman–Crippen LogP) is 4.34. The zero-order valence-electron chi connectivity index (χ0n) is 15.3. The molecule has 26 heavy (non-hydrogen) atoms. The van der Waals surface area contributed by atoms with Gasteiger partial charge in [-0.25, -0.2) is 0 Å². The SMILES string of the molecule is Cc1cccc(CN2CC3CCC2C(Nc2ccc4[nH]ncc4c2)C3)c1. The molecular formula is C22H26N4. The Kier molecular flexibility index (Phi) is 3.93. The summed E-state index contributed by atoms with van der Waals surface area (Å²) >= 11 is 0. The quantitative estimate of drug-likeness (QED) is 0.739. The molecule has 1 aliphatic carbocycles. The third kappa shape index (κ3) is 2.99. The maximum absolute atomic E-state index is 4.13. The number of H-pyrrole nitrogens is 1. The van der Waals surface area contributed by atoms with Gasteiger partial charge in [-0.05, 0) is 55.9 Å². The molecule has 3 heterocycles. The van der Waals surface area contributed by atoms with E-state index in [1.165, 1.54) is 48.0 Å². The highest BCUT2D eigenvalue weighted by atomic mass is 15.2. The Morgan fingerprint density at radius 1 is 1.19 bits per heavy atom. The molecule has 2 aliphatic heterocycles. The van der Waals surface area contributed by atoms with Gasteiger partial charge in [-0.1, -0.05) is 29.8 Å². The van der Waals surface area contributed by atoms with Crippen LogP contribution >= 0.6 is 0 Å². The van der Waals surface area contributed by atoms with Gasteiger partial charge in [0.05, 0.1) is 11.7 Å². The van der Waals surface area contributed by atoms with E-state index in [9.17, 15) is 0 Å². The highest BCUT2D eigenvalue weighted by Gasteiger charge is 2.40. The van der Waals surface area contributed by atoms with Gasteiger partial charge >= 0.3 is 0 Å². The van der Waals surface area contributed by atoms with Crippen LogP contribution in [0, 0.1) is 12.8 Å². The normalized spacial score (nSPS) is 25.7. The van der Waals surface area contributed by atoms with Crippen LogP contribution < -0.4 is 5.32 Å². The van der Waals surface area contributed by atoms with Crippen LogP contribution in [0.3, 0.4) is 0 Å². The van der Waals surface area contributed by atoms with Gasteiger partial charge in [-0.3, -0.25) is 10.00 Å². The van der Waals surface area contributed by atoms with Gasteiger partial charge in [0.25, 0.3) is 0 Å². The lowest BCUT2D eigenvalue weighted by Gasteiger charge is -2.50. The van der Waals surface area contributed by atoms with E-state index in [-0.39, 0.29) is 0 Å². The minimum Gasteiger partial charge on any atom is -0.381 e. The first-order chi connectivity index (χ1) is 12.7. The molecule has 2 N–H and O–H groups in total. The van der Waals surface area contributed by atoms with E-state index in [0.29, 0.717) is 12.1 Å². The van der Waals surface area contributed by atoms with Crippen molar-refractivity contribution < 1.29 is 0 Å². The third-order valence-electron chi connectivity index (χ3n) is 6.14. The van der Waals surface area contributed by atoms with Crippen molar-refractivity contribution in [3.05, 3.63) is 59.8 Å². The van der Waals surface area contributed by atoms with E-state index < -0.39 is 0 Å². The molecule has 2 saturated heterocycles. The summed E-state index contributed by atoms with van der Waals surface area (Å²) in [4.78, 5) is 2.71. The first kappa shape index (κ1) is 15.9. The first-order valence-corrected chi connectivity index (χ1v) is 9.74. The summed E-state index contributed by atoms with van der Waals surface area (Å²) in [5, 5.41) is 12.2. The standard InChI is InChI=1S/C22H26N4/c1-15-3-2-4-16(9-15)13-26-14-17-5-8-22(26)21(10-17)24-19-6-7-20-18(11-19)12-23-25-20/h2-4,6-7,9,11-12,17,21-22,24H,5,8,10,13-14H2,1H3,(H,23,25). The van der Waals surface area contributed by atoms with Crippen molar-refractivity contribution in [2.75, 3.05) is 11.9 Å². The van der Waals surface area contributed by atoms with E-state index in [1.54, 1.807) is 0 Å². The molecule has 0 spiro atoms. The molecule has 4 heteroatoms. The highest BCUT2D eigenvalue weighted by Crippen LogP contribution is 2.37. The Balaban J connectivity index is 1.34. The summed E-state index contributed by atoms with van der Waals surface area (Å²) < 4.78 is 0. The molecule has 4 nitrogen and oxygen atoms in total. The van der Waals surface area contributed by atoms with Crippen molar-refractivity contribution in [2.24, 2.45) is 5.92 Å². The number of anilines is 1. The first-order valence-electron chi connectivity index (χ1n) is 9.74. The highest BCUT2D eigenvalue weighted by molar-refractivity contribution is 5.81. The zero-order chi connectivity index (χ0) is 17.5. The molecule has 0 radical (unpaired) electrons. The van der Waals surface area contributed by atoms with Crippen molar-refractivity contribution >= 4 is 16.6 Å². The molecule has 0 amide bonds. The monoisotopic (exact) mass is 346 g/mol. The van der Waals surface area contributed by atoms with Gasteiger partial charge in [-0.15, -0.1) is 0 Å². The smallest absolute Gasteiger partial charge is 0.0651 e. The van der Waals surface area contributed by atoms with Gasteiger partial charge < -0.3 is 5.32 Å². The molecule has 3 atom stereocenters. The molecule has 2 bridgehead atoms. The molecule has 1 aromatic heterocycles. The molecule has 1 saturated carbocycles. The number of rotatable bonds is 4. The Hall–Kier alpha value is -2.33. The van der Waals surface area contributed by atoms with E-state index in [4.69, 9.17) is 0 Å². The molecule has 3 aromatic rings. The summed E-state index contributed by atoms with van der Waals surface area (Å²) in [6.45, 7) is 4.50. The lowest BCUT2D eigenvalue weighted by atomic mass is 9.76. The van der Waals surface area contributed by atoms with Crippen LogP contribution in [0.25, 0.3) is 10.9 Å². The summed E-state index contributed by atoms with van der Waals surface area (Å²) in [6.07, 6.45) is 5.88. The molecule has 3 unspecified atom stereocenters. The lowest BCUT2D eigenvalue weighted by molar-refractivity contribution is 0.0323. The molecule has 3 aliphatic rings. The van der Waals surface area contributed by atoms with E-state index >= 15 is 0 Å². The Morgan fingerprint density at radius 3 is 3.04 bits per heavy atom. The van der Waals surface area contributed by atoms with Crippen LogP contribution in [0.15, 0.2) is 48.7 Å². The summed E-state index contributed by atoms with van der Waals surface area (Å²) in [7, 11) is 0. The van der Waals surface area contributed by atoms with Crippen LogP contribution in [0.4, 0.5) is 5.69 Å². The fourth-order valence-corrected chi connectivity index (χ4v) is 4.94. The van der Waals surface area contributed by atoms with Gasteiger partial charge in [0.1, 0.15) is 0 Å². The van der Waals surface area contributed by atoms with Crippen LogP contribution in [-0.4, -0.2) is 33.7 Å². The Morgan fingerprint density at radius 2 is 2.15 bits per heavy atom. The van der Waals surface area contributed by atoms with Gasteiger partial charge in [0.2, 0.25) is 0 Å². The molecule has 134 valence electrons. The van der Waals surface area contributed by atoms with E-state index in [1.807, 2.05) is 6.20 Å². The number of fused-ring (bicyclic) bond motifs is 4. The van der Waals surface area contributed by atoms with Gasteiger partial charge in [-0.2, -0.15) is 5.10 Å². The molecular weight excluding hydrogens is 320 g/mol. The molecule has 3 fully saturated rings. The zero-order valence-corrected chi connectivity index (χ0v) is 15.3. The van der Waals surface area contributed by atoms with Gasteiger partial charge in [0, 0.05) is 36.2 Å². The summed E-state index contributed by atoms with van der Waals surface area (Å²) in [6, 6.07) is 16.6. The molecule has 6 rings (SSSR count). The third-order valence-corrected chi connectivity index (χ3v) is 6.14. The topological polar surface area (TPSA) is 44.0 Å². The lowest BCUT2D eigenvalue weighted by Crippen LogP contribution is -2.57. The number of hydrogen-bond acceptors (Lipinski definition) is 3.